The fourth-order valence-corrected chi connectivity index (χ4v) is 4.24. The summed E-state index contributed by atoms with van der Waals surface area (Å²) in [4.78, 5) is 24.8. The summed E-state index contributed by atoms with van der Waals surface area (Å²) in [5.74, 6) is -0.0692. The lowest BCUT2D eigenvalue weighted by Crippen LogP contribution is -2.48. The SMILES string of the molecule is Cc1[nH]c(-c2ccccn2)cc1C(=O)NCCN1CCN(c2cccc(Cl)c2Cl)CC1. The summed E-state index contributed by atoms with van der Waals surface area (Å²) in [7, 11) is 0. The molecule has 0 aliphatic carbocycles. The van der Waals surface area contributed by atoms with Gasteiger partial charge >= 0.3 is 0 Å². The number of aryl methyl sites for hydroxylation is 1. The highest BCUT2D eigenvalue weighted by molar-refractivity contribution is 6.43. The van der Waals surface area contributed by atoms with Gasteiger partial charge in [-0.25, -0.2) is 0 Å². The summed E-state index contributed by atoms with van der Waals surface area (Å²) in [5, 5.41) is 4.23. The van der Waals surface area contributed by atoms with E-state index in [1.54, 1.807) is 12.3 Å². The molecule has 0 radical (unpaired) electrons. The Morgan fingerprint density at radius 1 is 1.13 bits per heavy atom. The third-order valence-electron chi connectivity index (χ3n) is 5.56. The maximum Gasteiger partial charge on any atom is 0.253 e. The average molecular weight is 458 g/mol. The molecule has 162 valence electrons. The summed E-state index contributed by atoms with van der Waals surface area (Å²) in [6.45, 7) is 6.87. The molecule has 0 bridgehead atoms. The van der Waals surface area contributed by atoms with Crippen LogP contribution in [0.5, 0.6) is 0 Å². The van der Waals surface area contributed by atoms with Crippen LogP contribution >= 0.6 is 23.2 Å². The van der Waals surface area contributed by atoms with Crippen molar-refractivity contribution in [1.82, 2.24) is 20.2 Å². The molecule has 1 aliphatic rings. The molecule has 0 atom stereocenters. The van der Waals surface area contributed by atoms with E-state index in [0.29, 0.717) is 22.2 Å². The minimum absolute atomic E-state index is 0.0692. The Kier molecular flexibility index (Phi) is 6.80. The normalized spacial score (nSPS) is 14.6. The van der Waals surface area contributed by atoms with Gasteiger partial charge in [0, 0.05) is 51.2 Å². The molecule has 0 saturated carbocycles. The summed E-state index contributed by atoms with van der Waals surface area (Å²) in [5.41, 5.74) is 4.14. The molecule has 2 aromatic heterocycles. The molecule has 1 aliphatic heterocycles. The van der Waals surface area contributed by atoms with E-state index in [0.717, 1.165) is 55.5 Å². The number of pyridine rings is 1. The minimum Gasteiger partial charge on any atom is -0.368 e. The molecule has 0 unspecified atom stereocenters. The van der Waals surface area contributed by atoms with Crippen LogP contribution in [0.3, 0.4) is 0 Å². The van der Waals surface area contributed by atoms with Crippen molar-refractivity contribution in [3.8, 4) is 11.4 Å². The fraction of sp³-hybridized carbons (Fsp3) is 0.304. The molecule has 3 aromatic rings. The summed E-state index contributed by atoms with van der Waals surface area (Å²) < 4.78 is 0. The van der Waals surface area contributed by atoms with Crippen LogP contribution in [0.1, 0.15) is 16.1 Å². The smallest absolute Gasteiger partial charge is 0.253 e. The molecular weight excluding hydrogens is 433 g/mol. The predicted octanol–water partition coefficient (Wildman–Crippen LogP) is 4.24. The second kappa shape index (κ2) is 9.73. The van der Waals surface area contributed by atoms with Gasteiger partial charge < -0.3 is 15.2 Å². The van der Waals surface area contributed by atoms with Crippen LogP contribution in [0.2, 0.25) is 10.0 Å². The Bertz CT molecular complexity index is 1050. The third kappa shape index (κ3) is 5.03. The molecule has 6 nitrogen and oxygen atoms in total. The van der Waals surface area contributed by atoms with Gasteiger partial charge in [-0.15, -0.1) is 0 Å². The first-order valence-corrected chi connectivity index (χ1v) is 11.1. The van der Waals surface area contributed by atoms with Gasteiger partial charge in [0.05, 0.1) is 32.7 Å². The van der Waals surface area contributed by atoms with Crippen molar-refractivity contribution in [1.29, 1.82) is 0 Å². The topological polar surface area (TPSA) is 64.3 Å². The number of nitrogens with zero attached hydrogens (tertiary/aromatic N) is 3. The Labute approximate surface area is 192 Å². The highest BCUT2D eigenvalue weighted by Gasteiger charge is 2.20. The van der Waals surface area contributed by atoms with Crippen LogP contribution in [0.25, 0.3) is 11.4 Å². The van der Waals surface area contributed by atoms with E-state index in [4.69, 9.17) is 23.2 Å². The standard InChI is InChI=1S/C23H25Cl2N5O/c1-16-17(15-20(28-16)19-6-2-3-8-26-19)23(31)27-9-10-29-11-13-30(14-12-29)21-7-4-5-18(24)22(21)25/h2-8,15,28H,9-14H2,1H3,(H,27,31). The van der Waals surface area contributed by atoms with Gasteiger partial charge in [-0.2, -0.15) is 0 Å². The fourth-order valence-electron chi connectivity index (χ4n) is 3.83. The van der Waals surface area contributed by atoms with Crippen LogP contribution in [0.4, 0.5) is 5.69 Å². The molecule has 31 heavy (non-hydrogen) atoms. The molecule has 4 rings (SSSR count). The van der Waals surface area contributed by atoms with E-state index in [1.807, 2.05) is 43.3 Å². The van der Waals surface area contributed by atoms with Crippen molar-refractivity contribution in [3.05, 3.63) is 70.0 Å². The maximum atomic E-state index is 12.7. The monoisotopic (exact) mass is 457 g/mol. The van der Waals surface area contributed by atoms with Crippen LogP contribution in [-0.2, 0) is 0 Å². The number of anilines is 1. The van der Waals surface area contributed by atoms with Crippen LogP contribution in [0.15, 0.2) is 48.7 Å². The Morgan fingerprint density at radius 3 is 2.68 bits per heavy atom. The lowest BCUT2D eigenvalue weighted by atomic mass is 10.2. The number of carbonyl (C=O) groups excluding carboxylic acids is 1. The van der Waals surface area contributed by atoms with Crippen LogP contribution < -0.4 is 10.2 Å². The van der Waals surface area contributed by atoms with E-state index in [2.05, 4.69) is 25.1 Å². The average Bonchev–Trinajstić information content (AvgIpc) is 3.18. The summed E-state index contributed by atoms with van der Waals surface area (Å²) in [6, 6.07) is 13.3. The number of aromatic nitrogens is 2. The van der Waals surface area contributed by atoms with Crippen molar-refractivity contribution >= 4 is 34.8 Å². The number of amides is 1. The highest BCUT2D eigenvalue weighted by Crippen LogP contribution is 2.32. The van der Waals surface area contributed by atoms with Crippen molar-refractivity contribution in [2.45, 2.75) is 6.92 Å². The number of hydrogen-bond donors (Lipinski definition) is 2. The van der Waals surface area contributed by atoms with Gasteiger partial charge in [-0.1, -0.05) is 35.3 Å². The lowest BCUT2D eigenvalue weighted by molar-refractivity contribution is 0.0947. The predicted molar refractivity (Wildman–Crippen MR) is 126 cm³/mol. The first-order chi connectivity index (χ1) is 15.0. The summed E-state index contributed by atoms with van der Waals surface area (Å²) in [6.07, 6.45) is 1.74. The van der Waals surface area contributed by atoms with Crippen molar-refractivity contribution in [2.75, 3.05) is 44.2 Å². The minimum atomic E-state index is -0.0692. The number of carbonyl (C=O) groups is 1. The van der Waals surface area contributed by atoms with Crippen LogP contribution in [0, 0.1) is 6.92 Å². The molecule has 0 spiro atoms. The Balaban J connectivity index is 1.26. The molecule has 1 aromatic carbocycles. The van der Waals surface area contributed by atoms with Crippen molar-refractivity contribution in [3.63, 3.8) is 0 Å². The summed E-state index contributed by atoms with van der Waals surface area (Å²) >= 11 is 12.5. The number of hydrogen-bond acceptors (Lipinski definition) is 4. The maximum absolute atomic E-state index is 12.7. The van der Waals surface area contributed by atoms with Crippen molar-refractivity contribution < 1.29 is 4.79 Å². The van der Waals surface area contributed by atoms with Gasteiger partial charge in [0.1, 0.15) is 0 Å². The zero-order valence-corrected chi connectivity index (χ0v) is 18.9. The zero-order valence-electron chi connectivity index (χ0n) is 17.4. The Morgan fingerprint density at radius 2 is 1.94 bits per heavy atom. The first kappa shape index (κ1) is 21.7. The Hall–Kier alpha value is -2.54. The number of H-pyrrole nitrogens is 1. The van der Waals surface area contributed by atoms with Gasteiger partial charge in [-0.05, 0) is 37.3 Å². The van der Waals surface area contributed by atoms with E-state index in [9.17, 15) is 4.79 Å². The molecule has 8 heteroatoms. The van der Waals surface area contributed by atoms with E-state index in [1.165, 1.54) is 0 Å². The van der Waals surface area contributed by atoms with Crippen LogP contribution in [-0.4, -0.2) is 60.0 Å². The second-order valence-electron chi connectivity index (χ2n) is 7.59. The number of nitrogens with one attached hydrogen (secondary N) is 2. The van der Waals surface area contributed by atoms with E-state index >= 15 is 0 Å². The molecular formula is C23H25Cl2N5O. The number of halogens is 2. The van der Waals surface area contributed by atoms with E-state index < -0.39 is 0 Å². The first-order valence-electron chi connectivity index (χ1n) is 10.3. The van der Waals surface area contributed by atoms with Gasteiger partial charge in [0.2, 0.25) is 0 Å². The van der Waals surface area contributed by atoms with Gasteiger partial charge in [0.15, 0.2) is 0 Å². The molecule has 3 heterocycles. The van der Waals surface area contributed by atoms with Gasteiger partial charge in [0.25, 0.3) is 5.91 Å². The highest BCUT2D eigenvalue weighted by atomic mass is 35.5. The molecule has 2 N–H and O–H groups in total. The van der Waals surface area contributed by atoms with E-state index in [-0.39, 0.29) is 5.91 Å². The quantitative estimate of drug-likeness (QED) is 0.580. The lowest BCUT2D eigenvalue weighted by Gasteiger charge is -2.36. The molecule has 1 saturated heterocycles. The molecule has 1 fully saturated rings. The third-order valence-corrected chi connectivity index (χ3v) is 6.37. The largest absolute Gasteiger partial charge is 0.368 e. The van der Waals surface area contributed by atoms with Crippen molar-refractivity contribution in [2.24, 2.45) is 0 Å². The zero-order chi connectivity index (χ0) is 21.8. The number of benzene rings is 1. The second-order valence-corrected chi connectivity index (χ2v) is 8.38. The van der Waals surface area contributed by atoms with Gasteiger partial charge in [-0.3, -0.25) is 14.7 Å². The number of aromatic amines is 1. The molecule has 1 amide bonds. The number of rotatable bonds is 6. The number of piperazine rings is 1.